The van der Waals surface area contributed by atoms with E-state index in [0.717, 1.165) is 10.7 Å². The third-order valence-electron chi connectivity index (χ3n) is 2.60. The smallest absolute Gasteiger partial charge is 0.322 e. The average Bonchev–Trinajstić information content (AvgIpc) is 2.29. The van der Waals surface area contributed by atoms with Crippen molar-refractivity contribution in [3.63, 3.8) is 0 Å². The highest BCUT2D eigenvalue weighted by Gasteiger charge is 2.36. The zero-order chi connectivity index (χ0) is 12.9. The molecule has 1 saturated heterocycles. The largest absolute Gasteiger partial charge is 0.480 e. The van der Waals surface area contributed by atoms with Gasteiger partial charge in [0.25, 0.3) is 10.2 Å². The summed E-state index contributed by atoms with van der Waals surface area (Å²) < 4.78 is 27.0. The Morgan fingerprint density at radius 2 is 2.24 bits per heavy atom. The fourth-order valence-corrected chi connectivity index (χ4v) is 3.20. The molecular formula is C10H16N2O4S. The minimum Gasteiger partial charge on any atom is -0.480 e. The van der Waals surface area contributed by atoms with E-state index in [1.54, 1.807) is 0 Å². The van der Waals surface area contributed by atoms with Crippen molar-refractivity contribution in [2.24, 2.45) is 0 Å². The van der Waals surface area contributed by atoms with E-state index in [1.165, 1.54) is 0 Å². The Bertz CT molecular complexity index is 413. The van der Waals surface area contributed by atoms with Crippen molar-refractivity contribution >= 4 is 16.2 Å². The molecule has 1 atom stereocenters. The van der Waals surface area contributed by atoms with Crippen LogP contribution in [0.2, 0.25) is 0 Å². The number of piperidine rings is 1. The van der Waals surface area contributed by atoms with Gasteiger partial charge in [0.05, 0.1) is 0 Å². The standard InChI is InChI=1S/C10H16N2O4S/c1-2-3-7-11-17(15,16)12-8-5-4-6-9(12)10(13)14/h1,9,11H,3-8H2,(H,13,14). The first-order chi connectivity index (χ1) is 7.99. The van der Waals surface area contributed by atoms with Crippen molar-refractivity contribution in [1.82, 2.24) is 9.03 Å². The first-order valence-electron chi connectivity index (χ1n) is 5.41. The Hall–Kier alpha value is -1.10. The third-order valence-corrected chi connectivity index (χ3v) is 4.22. The van der Waals surface area contributed by atoms with Crippen LogP contribution in [-0.2, 0) is 15.0 Å². The summed E-state index contributed by atoms with van der Waals surface area (Å²) in [5, 5.41) is 8.98. The van der Waals surface area contributed by atoms with Crippen molar-refractivity contribution in [3.8, 4) is 12.3 Å². The van der Waals surface area contributed by atoms with E-state index in [4.69, 9.17) is 11.5 Å². The Balaban J connectivity index is 2.73. The number of hydrogen-bond donors (Lipinski definition) is 2. The van der Waals surface area contributed by atoms with Crippen LogP contribution in [0.3, 0.4) is 0 Å². The summed E-state index contributed by atoms with van der Waals surface area (Å²) in [5.41, 5.74) is 0. The second-order valence-corrected chi connectivity index (χ2v) is 5.52. The van der Waals surface area contributed by atoms with Gasteiger partial charge in [0, 0.05) is 19.5 Å². The number of terminal acetylenes is 1. The molecule has 0 bridgehead atoms. The lowest BCUT2D eigenvalue weighted by molar-refractivity contribution is -0.142. The lowest BCUT2D eigenvalue weighted by atomic mass is 10.1. The molecule has 0 aliphatic carbocycles. The molecule has 1 unspecified atom stereocenters. The molecule has 0 aromatic heterocycles. The van der Waals surface area contributed by atoms with Gasteiger partial charge in [0.15, 0.2) is 0 Å². The van der Waals surface area contributed by atoms with Gasteiger partial charge in [0.2, 0.25) is 0 Å². The van der Waals surface area contributed by atoms with E-state index in [0.29, 0.717) is 12.8 Å². The van der Waals surface area contributed by atoms with Crippen molar-refractivity contribution < 1.29 is 18.3 Å². The maximum absolute atomic E-state index is 11.9. The van der Waals surface area contributed by atoms with Crippen molar-refractivity contribution in [2.45, 2.75) is 31.7 Å². The summed E-state index contributed by atoms with van der Waals surface area (Å²) in [6.45, 7) is 0.365. The maximum Gasteiger partial charge on any atom is 0.322 e. The van der Waals surface area contributed by atoms with Crippen LogP contribution in [0.5, 0.6) is 0 Å². The fraction of sp³-hybridized carbons (Fsp3) is 0.700. The Labute approximate surface area is 101 Å². The molecule has 17 heavy (non-hydrogen) atoms. The van der Waals surface area contributed by atoms with E-state index in [1.807, 2.05) is 0 Å². The van der Waals surface area contributed by atoms with E-state index < -0.39 is 22.2 Å². The van der Waals surface area contributed by atoms with Gasteiger partial charge in [0.1, 0.15) is 6.04 Å². The van der Waals surface area contributed by atoms with Gasteiger partial charge in [-0.25, -0.2) is 4.72 Å². The number of nitrogens with one attached hydrogen (secondary N) is 1. The van der Waals surface area contributed by atoms with E-state index >= 15 is 0 Å². The third kappa shape index (κ3) is 3.70. The summed E-state index contributed by atoms with van der Waals surface area (Å²) >= 11 is 0. The minimum atomic E-state index is -3.74. The van der Waals surface area contributed by atoms with E-state index in [2.05, 4.69) is 10.6 Å². The van der Waals surface area contributed by atoms with Crippen LogP contribution in [-0.4, -0.2) is 42.9 Å². The van der Waals surface area contributed by atoms with Crippen molar-refractivity contribution in [1.29, 1.82) is 0 Å². The second-order valence-electron chi connectivity index (χ2n) is 3.81. The van der Waals surface area contributed by atoms with Gasteiger partial charge in [-0.05, 0) is 19.3 Å². The number of carbonyl (C=O) groups is 1. The molecule has 2 N–H and O–H groups in total. The molecule has 0 saturated carbocycles. The number of carboxylic acid groups (broad SMARTS) is 1. The van der Waals surface area contributed by atoms with Gasteiger partial charge < -0.3 is 5.11 Å². The van der Waals surface area contributed by atoms with Crippen LogP contribution in [0.25, 0.3) is 0 Å². The molecule has 1 aliphatic heterocycles. The molecular weight excluding hydrogens is 244 g/mol. The molecule has 7 heteroatoms. The lowest BCUT2D eigenvalue weighted by Crippen LogP contribution is -2.52. The normalized spacial score (nSPS) is 21.9. The molecule has 0 radical (unpaired) electrons. The topological polar surface area (TPSA) is 86.7 Å². The molecule has 1 rings (SSSR count). The molecule has 0 amide bonds. The molecule has 6 nitrogen and oxygen atoms in total. The van der Waals surface area contributed by atoms with Gasteiger partial charge in [-0.1, -0.05) is 0 Å². The van der Waals surface area contributed by atoms with Crippen LogP contribution in [0, 0.1) is 12.3 Å². The van der Waals surface area contributed by atoms with E-state index in [9.17, 15) is 13.2 Å². The minimum absolute atomic E-state index is 0.127. The quantitative estimate of drug-likeness (QED) is 0.528. The Morgan fingerprint density at radius 3 is 2.82 bits per heavy atom. The number of hydrogen-bond acceptors (Lipinski definition) is 3. The molecule has 0 spiro atoms. The highest BCUT2D eigenvalue weighted by Crippen LogP contribution is 2.19. The maximum atomic E-state index is 11.9. The summed E-state index contributed by atoms with van der Waals surface area (Å²) in [4.78, 5) is 11.0. The van der Waals surface area contributed by atoms with Crippen LogP contribution in [0.1, 0.15) is 25.7 Å². The Kier molecular flexibility index (Phi) is 4.93. The summed E-state index contributed by atoms with van der Waals surface area (Å²) in [5.74, 6) is 1.21. The summed E-state index contributed by atoms with van der Waals surface area (Å²) in [6, 6.07) is -0.966. The summed E-state index contributed by atoms with van der Waals surface area (Å²) in [7, 11) is -3.74. The predicted octanol–water partition coefficient (Wildman–Crippen LogP) is -0.217. The highest BCUT2D eigenvalue weighted by atomic mass is 32.2. The van der Waals surface area contributed by atoms with E-state index in [-0.39, 0.29) is 19.5 Å². The number of aliphatic carboxylic acids is 1. The molecule has 1 fully saturated rings. The van der Waals surface area contributed by atoms with Crippen LogP contribution >= 0.6 is 0 Å². The predicted molar refractivity (Wildman–Crippen MR) is 62.4 cm³/mol. The first-order valence-corrected chi connectivity index (χ1v) is 6.85. The average molecular weight is 260 g/mol. The van der Waals surface area contributed by atoms with Gasteiger partial charge in [-0.3, -0.25) is 4.79 Å². The zero-order valence-electron chi connectivity index (χ0n) is 9.42. The van der Waals surface area contributed by atoms with Crippen LogP contribution in [0.4, 0.5) is 0 Å². The zero-order valence-corrected chi connectivity index (χ0v) is 10.2. The van der Waals surface area contributed by atoms with Crippen molar-refractivity contribution in [3.05, 3.63) is 0 Å². The number of carboxylic acids is 1. The van der Waals surface area contributed by atoms with Gasteiger partial charge in [-0.15, -0.1) is 12.3 Å². The summed E-state index contributed by atoms with van der Waals surface area (Å²) in [6.07, 6.45) is 7.06. The molecule has 0 aromatic carbocycles. The van der Waals surface area contributed by atoms with Gasteiger partial charge in [-0.2, -0.15) is 12.7 Å². The lowest BCUT2D eigenvalue weighted by Gasteiger charge is -2.31. The molecule has 1 heterocycles. The Morgan fingerprint density at radius 1 is 1.53 bits per heavy atom. The van der Waals surface area contributed by atoms with Crippen LogP contribution in [0.15, 0.2) is 0 Å². The molecule has 1 aliphatic rings. The highest BCUT2D eigenvalue weighted by molar-refractivity contribution is 7.87. The fourth-order valence-electron chi connectivity index (χ4n) is 1.77. The van der Waals surface area contributed by atoms with Crippen LogP contribution < -0.4 is 4.72 Å². The first kappa shape index (κ1) is 14.0. The number of rotatable bonds is 5. The monoisotopic (exact) mass is 260 g/mol. The SMILES string of the molecule is C#CCCNS(=O)(=O)N1CCCCC1C(=O)O. The second kappa shape index (κ2) is 6.00. The molecule has 0 aromatic rings. The number of nitrogens with zero attached hydrogens (tertiary/aromatic N) is 1. The van der Waals surface area contributed by atoms with Crippen molar-refractivity contribution in [2.75, 3.05) is 13.1 Å². The van der Waals surface area contributed by atoms with Gasteiger partial charge >= 0.3 is 5.97 Å². The molecule has 96 valence electrons.